The maximum Gasteiger partial charge on any atom is 0.416 e. The van der Waals surface area contributed by atoms with Crippen molar-refractivity contribution in [2.75, 3.05) is 7.11 Å². The maximum absolute atomic E-state index is 12.9. The monoisotopic (exact) mass is 577 g/mol. The van der Waals surface area contributed by atoms with E-state index in [0.717, 1.165) is 23.3 Å². The summed E-state index contributed by atoms with van der Waals surface area (Å²) in [4.78, 5) is 25.3. The molecule has 1 N–H and O–H groups in total. The molecular formula is C33H30F3NO5. The highest BCUT2D eigenvalue weighted by Crippen LogP contribution is 2.31. The summed E-state index contributed by atoms with van der Waals surface area (Å²) in [5, 5.41) is 2.64. The van der Waals surface area contributed by atoms with E-state index in [2.05, 4.69) is 5.32 Å². The first kappa shape index (κ1) is 30.2. The van der Waals surface area contributed by atoms with Crippen LogP contribution in [0.1, 0.15) is 27.8 Å². The minimum atomic E-state index is -4.47. The second kappa shape index (κ2) is 14.2. The Balaban J connectivity index is 1.48. The quantitative estimate of drug-likeness (QED) is 0.200. The Morgan fingerprint density at radius 3 is 1.81 bits per heavy atom. The van der Waals surface area contributed by atoms with Crippen LogP contribution in [0.15, 0.2) is 103 Å². The van der Waals surface area contributed by atoms with Crippen LogP contribution in [-0.4, -0.2) is 25.0 Å². The molecule has 0 unspecified atom stereocenters. The Labute approximate surface area is 242 Å². The number of carbonyl (C=O) groups is 2. The van der Waals surface area contributed by atoms with Gasteiger partial charge in [0.15, 0.2) is 11.5 Å². The molecule has 4 rings (SSSR count). The van der Waals surface area contributed by atoms with Crippen LogP contribution in [0.2, 0.25) is 0 Å². The van der Waals surface area contributed by atoms with E-state index in [9.17, 15) is 22.8 Å². The third-order valence-corrected chi connectivity index (χ3v) is 6.39. The molecule has 0 bridgehead atoms. The van der Waals surface area contributed by atoms with E-state index in [-0.39, 0.29) is 19.4 Å². The van der Waals surface area contributed by atoms with Crippen molar-refractivity contribution in [1.29, 1.82) is 0 Å². The molecule has 0 spiro atoms. The highest BCUT2D eigenvalue weighted by molar-refractivity contribution is 5.85. The number of hydrogen-bond acceptors (Lipinski definition) is 5. The predicted octanol–water partition coefficient (Wildman–Crippen LogP) is 6.31. The van der Waals surface area contributed by atoms with E-state index in [1.165, 1.54) is 19.2 Å². The number of amides is 1. The standard InChI is InChI=1S/C33H30F3NO5/c1-40-32(39)28(37-31(38)20-23-12-15-27(16-13-23)33(34,35)36)18-26-14-17-29(41-21-24-8-4-2-5-9-24)30(19-26)42-22-25-10-6-3-7-11-25/h2-17,19,28H,18,20-22H2,1H3,(H,37,38)/t28-/m1/s1. The molecule has 0 fully saturated rings. The maximum atomic E-state index is 12.9. The molecule has 0 radical (unpaired) electrons. The largest absolute Gasteiger partial charge is 0.485 e. The van der Waals surface area contributed by atoms with Gasteiger partial charge in [-0.15, -0.1) is 0 Å². The summed E-state index contributed by atoms with van der Waals surface area (Å²) in [7, 11) is 1.21. The first-order chi connectivity index (χ1) is 20.2. The fraction of sp³-hybridized carbons (Fsp3) is 0.212. The molecule has 0 aromatic heterocycles. The van der Waals surface area contributed by atoms with Crippen LogP contribution in [0.5, 0.6) is 11.5 Å². The van der Waals surface area contributed by atoms with Crippen LogP contribution in [0, 0.1) is 0 Å². The lowest BCUT2D eigenvalue weighted by Gasteiger charge is -2.19. The highest BCUT2D eigenvalue weighted by Gasteiger charge is 2.30. The summed E-state index contributed by atoms with van der Waals surface area (Å²) >= 11 is 0. The Bertz CT molecular complexity index is 1460. The molecule has 4 aromatic carbocycles. The zero-order valence-electron chi connectivity index (χ0n) is 22.9. The number of carbonyl (C=O) groups excluding carboxylic acids is 2. The van der Waals surface area contributed by atoms with E-state index in [4.69, 9.17) is 14.2 Å². The van der Waals surface area contributed by atoms with Crippen molar-refractivity contribution >= 4 is 11.9 Å². The molecular weight excluding hydrogens is 547 g/mol. The molecule has 1 amide bonds. The van der Waals surface area contributed by atoms with Gasteiger partial charge in [0, 0.05) is 6.42 Å². The molecule has 4 aromatic rings. The highest BCUT2D eigenvalue weighted by atomic mass is 19.4. The van der Waals surface area contributed by atoms with Crippen LogP contribution in [-0.2, 0) is 46.6 Å². The van der Waals surface area contributed by atoms with Gasteiger partial charge in [-0.05, 0) is 46.5 Å². The fourth-order valence-electron chi connectivity index (χ4n) is 4.20. The van der Waals surface area contributed by atoms with Crippen LogP contribution < -0.4 is 14.8 Å². The second-order valence-electron chi connectivity index (χ2n) is 9.55. The van der Waals surface area contributed by atoms with Crippen molar-refractivity contribution in [2.24, 2.45) is 0 Å². The van der Waals surface area contributed by atoms with Gasteiger partial charge >= 0.3 is 12.1 Å². The van der Waals surface area contributed by atoms with E-state index < -0.39 is 29.7 Å². The van der Waals surface area contributed by atoms with Gasteiger partial charge in [-0.1, -0.05) is 78.9 Å². The Morgan fingerprint density at radius 2 is 1.26 bits per heavy atom. The van der Waals surface area contributed by atoms with E-state index in [0.29, 0.717) is 29.2 Å². The lowest BCUT2D eigenvalue weighted by molar-refractivity contribution is -0.145. The van der Waals surface area contributed by atoms with Crippen molar-refractivity contribution in [2.45, 2.75) is 38.3 Å². The smallest absolute Gasteiger partial charge is 0.416 e. The molecule has 0 aliphatic heterocycles. The third kappa shape index (κ3) is 8.86. The van der Waals surface area contributed by atoms with Crippen LogP contribution in [0.4, 0.5) is 13.2 Å². The lowest BCUT2D eigenvalue weighted by Crippen LogP contribution is -2.43. The van der Waals surface area contributed by atoms with Crippen molar-refractivity contribution in [1.82, 2.24) is 5.32 Å². The molecule has 1 atom stereocenters. The van der Waals surface area contributed by atoms with Gasteiger partial charge < -0.3 is 19.5 Å². The van der Waals surface area contributed by atoms with Crippen molar-refractivity contribution in [3.8, 4) is 11.5 Å². The van der Waals surface area contributed by atoms with Crippen molar-refractivity contribution in [3.05, 3.63) is 131 Å². The number of ether oxygens (including phenoxy) is 3. The van der Waals surface area contributed by atoms with Crippen LogP contribution in [0.25, 0.3) is 0 Å². The molecule has 0 aliphatic rings. The Kier molecular flexibility index (Phi) is 10.2. The van der Waals surface area contributed by atoms with Gasteiger partial charge in [-0.2, -0.15) is 13.2 Å². The van der Waals surface area contributed by atoms with E-state index in [1.54, 1.807) is 18.2 Å². The number of nitrogens with one attached hydrogen (secondary N) is 1. The zero-order valence-corrected chi connectivity index (χ0v) is 22.9. The topological polar surface area (TPSA) is 73.9 Å². The summed E-state index contributed by atoms with van der Waals surface area (Å²) in [5.41, 5.74) is 2.19. The molecule has 0 aliphatic carbocycles. The normalized spacial score (nSPS) is 11.8. The summed E-state index contributed by atoms with van der Waals surface area (Å²) < 4.78 is 55.6. The van der Waals surface area contributed by atoms with Gasteiger partial charge in [0.2, 0.25) is 5.91 Å². The third-order valence-electron chi connectivity index (χ3n) is 6.39. The summed E-state index contributed by atoms with van der Waals surface area (Å²) in [6, 6.07) is 27.8. The predicted molar refractivity (Wildman–Crippen MR) is 151 cm³/mol. The Morgan fingerprint density at radius 1 is 0.714 bits per heavy atom. The summed E-state index contributed by atoms with van der Waals surface area (Å²) in [6.45, 7) is 0.614. The SMILES string of the molecule is COC(=O)[C@@H](Cc1ccc(OCc2ccccc2)c(OCc2ccccc2)c1)NC(=O)Cc1ccc(C(F)(F)F)cc1. The second-order valence-corrected chi connectivity index (χ2v) is 9.55. The molecule has 42 heavy (non-hydrogen) atoms. The number of hydrogen-bond donors (Lipinski definition) is 1. The number of benzene rings is 4. The molecule has 0 heterocycles. The first-order valence-corrected chi connectivity index (χ1v) is 13.2. The first-order valence-electron chi connectivity index (χ1n) is 13.2. The van der Waals surface area contributed by atoms with Crippen LogP contribution >= 0.6 is 0 Å². The fourth-order valence-corrected chi connectivity index (χ4v) is 4.20. The summed E-state index contributed by atoms with van der Waals surface area (Å²) in [6.07, 6.45) is -4.59. The minimum absolute atomic E-state index is 0.0894. The average molecular weight is 578 g/mol. The number of rotatable bonds is 12. The molecule has 218 valence electrons. The zero-order chi connectivity index (χ0) is 30.0. The number of esters is 1. The van der Waals surface area contributed by atoms with Gasteiger partial charge in [0.1, 0.15) is 19.3 Å². The van der Waals surface area contributed by atoms with Gasteiger partial charge in [0.25, 0.3) is 0 Å². The molecule has 0 saturated carbocycles. The van der Waals surface area contributed by atoms with Crippen LogP contribution in [0.3, 0.4) is 0 Å². The van der Waals surface area contributed by atoms with Gasteiger partial charge in [0.05, 0.1) is 19.1 Å². The Hall–Kier alpha value is -4.79. The van der Waals surface area contributed by atoms with Gasteiger partial charge in [-0.3, -0.25) is 4.79 Å². The number of methoxy groups -OCH3 is 1. The summed E-state index contributed by atoms with van der Waals surface area (Å²) in [5.74, 6) is -0.216. The van der Waals surface area contributed by atoms with E-state index in [1.807, 2.05) is 60.7 Å². The minimum Gasteiger partial charge on any atom is -0.485 e. The lowest BCUT2D eigenvalue weighted by atomic mass is 10.0. The average Bonchev–Trinajstić information content (AvgIpc) is 2.99. The van der Waals surface area contributed by atoms with E-state index >= 15 is 0 Å². The molecule has 9 heteroatoms. The number of halogens is 3. The van der Waals surface area contributed by atoms with Crippen molar-refractivity contribution in [3.63, 3.8) is 0 Å². The number of alkyl halides is 3. The molecule has 0 saturated heterocycles. The van der Waals surface area contributed by atoms with Crippen molar-refractivity contribution < 1.29 is 37.0 Å². The molecule has 6 nitrogen and oxygen atoms in total. The van der Waals surface area contributed by atoms with Gasteiger partial charge in [-0.25, -0.2) is 4.79 Å².